The molecular formula is C16H16N2O2. The number of aromatic carboxylic acids is 1. The van der Waals surface area contributed by atoms with Crippen LogP contribution >= 0.6 is 0 Å². The summed E-state index contributed by atoms with van der Waals surface area (Å²) in [5.41, 5.74) is 7.05. The molecule has 4 heteroatoms. The number of carboxylic acid groups (broad SMARTS) is 1. The number of hydrogen-bond donors (Lipinski definition) is 2. The van der Waals surface area contributed by atoms with Crippen molar-refractivity contribution in [2.45, 2.75) is 13.8 Å². The Morgan fingerprint density at radius 1 is 1.00 bits per heavy atom. The first-order valence-electron chi connectivity index (χ1n) is 6.27. The lowest BCUT2D eigenvalue weighted by Crippen LogP contribution is -2.00. The highest BCUT2D eigenvalue weighted by atomic mass is 16.4. The van der Waals surface area contributed by atoms with E-state index in [1.807, 2.05) is 38.1 Å². The highest BCUT2D eigenvalue weighted by Gasteiger charge is 2.01. The molecule has 20 heavy (non-hydrogen) atoms. The van der Waals surface area contributed by atoms with E-state index in [1.165, 1.54) is 5.56 Å². The SMILES string of the molecule is C/C(=N\Nc1ccc(C(=O)O)cc1)c1ccc(C)cc1. The average Bonchev–Trinajstić information content (AvgIpc) is 2.46. The van der Waals surface area contributed by atoms with Crippen LogP contribution < -0.4 is 5.43 Å². The van der Waals surface area contributed by atoms with Crippen LogP contribution in [0.25, 0.3) is 0 Å². The van der Waals surface area contributed by atoms with Gasteiger partial charge in [0.1, 0.15) is 0 Å². The maximum atomic E-state index is 10.7. The van der Waals surface area contributed by atoms with Crippen molar-refractivity contribution in [2.24, 2.45) is 5.10 Å². The minimum absolute atomic E-state index is 0.259. The lowest BCUT2D eigenvalue weighted by molar-refractivity contribution is 0.0697. The van der Waals surface area contributed by atoms with Crippen molar-refractivity contribution in [2.75, 3.05) is 5.43 Å². The number of hydrazone groups is 1. The van der Waals surface area contributed by atoms with E-state index in [2.05, 4.69) is 10.5 Å². The molecular weight excluding hydrogens is 252 g/mol. The smallest absolute Gasteiger partial charge is 0.335 e. The molecule has 0 saturated carbocycles. The van der Waals surface area contributed by atoms with Crippen LogP contribution in [-0.2, 0) is 0 Å². The van der Waals surface area contributed by atoms with Crippen LogP contribution in [0.2, 0.25) is 0 Å². The lowest BCUT2D eigenvalue weighted by atomic mass is 10.1. The molecule has 0 aromatic heterocycles. The van der Waals surface area contributed by atoms with Crippen molar-refractivity contribution >= 4 is 17.4 Å². The summed E-state index contributed by atoms with van der Waals surface area (Å²) in [7, 11) is 0. The zero-order chi connectivity index (χ0) is 14.5. The van der Waals surface area contributed by atoms with Crippen molar-refractivity contribution < 1.29 is 9.90 Å². The Kier molecular flexibility index (Phi) is 4.15. The third-order valence-corrected chi connectivity index (χ3v) is 2.95. The maximum Gasteiger partial charge on any atom is 0.335 e. The van der Waals surface area contributed by atoms with Crippen LogP contribution in [0.1, 0.15) is 28.4 Å². The van der Waals surface area contributed by atoms with Gasteiger partial charge in [0.25, 0.3) is 0 Å². The van der Waals surface area contributed by atoms with Crippen LogP contribution in [0.4, 0.5) is 5.69 Å². The Morgan fingerprint density at radius 3 is 2.10 bits per heavy atom. The molecule has 2 rings (SSSR count). The minimum Gasteiger partial charge on any atom is -0.478 e. The highest BCUT2D eigenvalue weighted by Crippen LogP contribution is 2.10. The first-order valence-corrected chi connectivity index (χ1v) is 6.27. The second-order valence-electron chi connectivity index (χ2n) is 4.56. The first kappa shape index (κ1) is 13.8. The van der Waals surface area contributed by atoms with Crippen molar-refractivity contribution in [3.8, 4) is 0 Å². The fourth-order valence-corrected chi connectivity index (χ4v) is 1.70. The molecule has 2 N–H and O–H groups in total. The predicted molar refractivity (Wildman–Crippen MR) is 80.4 cm³/mol. The summed E-state index contributed by atoms with van der Waals surface area (Å²) in [4.78, 5) is 10.7. The average molecular weight is 268 g/mol. The fraction of sp³-hybridized carbons (Fsp3) is 0.125. The van der Waals surface area contributed by atoms with Gasteiger partial charge in [0.05, 0.1) is 17.0 Å². The van der Waals surface area contributed by atoms with Gasteiger partial charge in [0.15, 0.2) is 0 Å². The van der Waals surface area contributed by atoms with Crippen LogP contribution in [-0.4, -0.2) is 16.8 Å². The van der Waals surface area contributed by atoms with E-state index in [0.717, 1.165) is 17.0 Å². The summed E-state index contributed by atoms with van der Waals surface area (Å²) in [5, 5.41) is 13.1. The second-order valence-corrected chi connectivity index (χ2v) is 4.56. The summed E-state index contributed by atoms with van der Waals surface area (Å²) in [6.07, 6.45) is 0. The minimum atomic E-state index is -0.934. The highest BCUT2D eigenvalue weighted by molar-refractivity contribution is 5.99. The van der Waals surface area contributed by atoms with Gasteiger partial charge in [0, 0.05) is 0 Å². The van der Waals surface area contributed by atoms with Gasteiger partial charge in [-0.05, 0) is 43.7 Å². The normalized spacial score (nSPS) is 11.2. The third-order valence-electron chi connectivity index (χ3n) is 2.95. The topological polar surface area (TPSA) is 61.7 Å². The van der Waals surface area contributed by atoms with Crippen molar-refractivity contribution in [1.82, 2.24) is 0 Å². The Labute approximate surface area is 117 Å². The van der Waals surface area contributed by atoms with Crippen LogP contribution in [0.15, 0.2) is 53.6 Å². The molecule has 0 heterocycles. The number of hydrogen-bond acceptors (Lipinski definition) is 3. The molecule has 0 fully saturated rings. The van der Waals surface area contributed by atoms with Crippen molar-refractivity contribution in [1.29, 1.82) is 0 Å². The molecule has 0 spiro atoms. The van der Waals surface area contributed by atoms with Gasteiger partial charge in [0.2, 0.25) is 0 Å². The van der Waals surface area contributed by atoms with E-state index in [9.17, 15) is 4.79 Å². The Hall–Kier alpha value is -2.62. The lowest BCUT2D eigenvalue weighted by Gasteiger charge is -2.04. The summed E-state index contributed by atoms with van der Waals surface area (Å²) >= 11 is 0. The van der Waals surface area contributed by atoms with Gasteiger partial charge >= 0.3 is 5.97 Å². The van der Waals surface area contributed by atoms with E-state index in [-0.39, 0.29) is 5.56 Å². The first-order chi connectivity index (χ1) is 9.56. The van der Waals surface area contributed by atoms with Crippen LogP contribution in [0.3, 0.4) is 0 Å². The Morgan fingerprint density at radius 2 is 1.55 bits per heavy atom. The van der Waals surface area contributed by atoms with Gasteiger partial charge in [-0.15, -0.1) is 0 Å². The molecule has 0 atom stereocenters. The molecule has 0 amide bonds. The number of nitrogens with zero attached hydrogens (tertiary/aromatic N) is 1. The summed E-state index contributed by atoms with van der Waals surface area (Å²) < 4.78 is 0. The van der Waals surface area contributed by atoms with Gasteiger partial charge in [-0.25, -0.2) is 4.79 Å². The van der Waals surface area contributed by atoms with Crippen LogP contribution in [0, 0.1) is 6.92 Å². The molecule has 0 radical (unpaired) electrons. The standard InChI is InChI=1S/C16H16N2O2/c1-11-3-5-13(6-4-11)12(2)17-18-15-9-7-14(8-10-15)16(19)20/h3-10,18H,1-2H3,(H,19,20)/b17-12+. The molecule has 0 aliphatic rings. The van der Waals surface area contributed by atoms with E-state index in [0.29, 0.717) is 0 Å². The number of carboxylic acids is 1. The van der Waals surface area contributed by atoms with Gasteiger partial charge in [-0.2, -0.15) is 5.10 Å². The number of carbonyl (C=O) groups is 1. The second kappa shape index (κ2) is 6.02. The molecule has 0 saturated heterocycles. The number of aryl methyl sites for hydroxylation is 1. The van der Waals surface area contributed by atoms with Gasteiger partial charge in [-0.1, -0.05) is 29.8 Å². The summed E-state index contributed by atoms with van der Waals surface area (Å²) in [6, 6.07) is 14.6. The molecule has 0 bridgehead atoms. The quantitative estimate of drug-likeness (QED) is 0.658. The molecule has 102 valence electrons. The summed E-state index contributed by atoms with van der Waals surface area (Å²) in [5.74, 6) is -0.934. The number of benzene rings is 2. The maximum absolute atomic E-state index is 10.7. The van der Waals surface area contributed by atoms with Gasteiger partial charge in [-0.3, -0.25) is 5.43 Å². The van der Waals surface area contributed by atoms with E-state index in [4.69, 9.17) is 5.11 Å². The van der Waals surface area contributed by atoms with E-state index in [1.54, 1.807) is 24.3 Å². The fourth-order valence-electron chi connectivity index (χ4n) is 1.70. The number of nitrogens with one attached hydrogen (secondary N) is 1. The van der Waals surface area contributed by atoms with E-state index >= 15 is 0 Å². The third kappa shape index (κ3) is 3.45. The number of rotatable bonds is 4. The van der Waals surface area contributed by atoms with Crippen molar-refractivity contribution in [3.63, 3.8) is 0 Å². The Bertz CT molecular complexity index is 629. The molecule has 0 aliphatic heterocycles. The molecule has 0 aliphatic carbocycles. The monoisotopic (exact) mass is 268 g/mol. The van der Waals surface area contributed by atoms with E-state index < -0.39 is 5.97 Å². The zero-order valence-corrected chi connectivity index (χ0v) is 11.4. The Balaban J connectivity index is 2.08. The largest absolute Gasteiger partial charge is 0.478 e. The van der Waals surface area contributed by atoms with Crippen LogP contribution in [0.5, 0.6) is 0 Å². The molecule has 2 aromatic rings. The molecule has 2 aromatic carbocycles. The van der Waals surface area contributed by atoms with Crippen molar-refractivity contribution in [3.05, 3.63) is 65.2 Å². The molecule has 4 nitrogen and oxygen atoms in total. The number of anilines is 1. The molecule has 0 unspecified atom stereocenters. The zero-order valence-electron chi connectivity index (χ0n) is 11.4. The predicted octanol–water partition coefficient (Wildman–Crippen LogP) is 3.53. The summed E-state index contributed by atoms with van der Waals surface area (Å²) in [6.45, 7) is 3.96. The van der Waals surface area contributed by atoms with Gasteiger partial charge < -0.3 is 5.11 Å².